The summed E-state index contributed by atoms with van der Waals surface area (Å²) in [6, 6.07) is 1.57. The summed E-state index contributed by atoms with van der Waals surface area (Å²) in [5.74, 6) is -0.355. The van der Waals surface area contributed by atoms with Gasteiger partial charge in [0.15, 0.2) is 5.79 Å². The molecule has 0 aromatic carbocycles. The molecular weight excluding hydrogens is 236 g/mol. The van der Waals surface area contributed by atoms with Crippen LogP contribution in [-0.4, -0.2) is 48.1 Å². The minimum Gasteiger partial charge on any atom is -0.351 e. The first kappa shape index (κ1) is 11.7. The molecule has 6 nitrogen and oxygen atoms in total. The van der Waals surface area contributed by atoms with Crippen molar-refractivity contribution in [1.29, 1.82) is 0 Å². The van der Waals surface area contributed by atoms with Crippen molar-refractivity contribution < 1.29 is 18.8 Å². The van der Waals surface area contributed by atoms with Crippen LogP contribution in [0.25, 0.3) is 0 Å². The highest BCUT2D eigenvalue weighted by Crippen LogP contribution is 2.38. The molecule has 0 bridgehead atoms. The third-order valence-electron chi connectivity index (χ3n) is 3.44. The lowest BCUT2D eigenvalue weighted by molar-refractivity contribution is -0.301. The second kappa shape index (κ2) is 3.80. The van der Waals surface area contributed by atoms with Crippen molar-refractivity contribution >= 4 is 5.91 Å². The summed E-state index contributed by atoms with van der Waals surface area (Å²) < 4.78 is 16.1. The van der Waals surface area contributed by atoms with E-state index >= 15 is 0 Å². The summed E-state index contributed by atoms with van der Waals surface area (Å²) in [7, 11) is 0. The van der Waals surface area contributed by atoms with Gasteiger partial charge in [0.1, 0.15) is 0 Å². The largest absolute Gasteiger partial charge is 0.351 e. The lowest BCUT2D eigenvalue weighted by Gasteiger charge is -2.53. The maximum absolute atomic E-state index is 12.0. The average molecular weight is 252 g/mol. The molecular formula is C12H16N2O4. The van der Waals surface area contributed by atoms with Crippen molar-refractivity contribution in [2.75, 3.05) is 26.3 Å². The second-order valence-electron chi connectivity index (χ2n) is 5.52. The summed E-state index contributed by atoms with van der Waals surface area (Å²) in [5.41, 5.74) is -0.0504. The molecule has 0 atom stereocenters. The molecule has 1 spiro atoms. The van der Waals surface area contributed by atoms with E-state index in [0.29, 0.717) is 26.3 Å². The molecule has 3 rings (SSSR count). The van der Waals surface area contributed by atoms with Gasteiger partial charge in [0, 0.05) is 19.2 Å². The summed E-state index contributed by atoms with van der Waals surface area (Å²) in [6.07, 6.45) is 1.47. The van der Waals surface area contributed by atoms with Gasteiger partial charge in [-0.15, -0.1) is 0 Å². The Balaban J connectivity index is 1.59. The number of likely N-dealkylation sites (tertiary alicyclic amines) is 1. The molecule has 2 aliphatic rings. The van der Waals surface area contributed by atoms with Crippen LogP contribution in [0.2, 0.25) is 0 Å². The van der Waals surface area contributed by atoms with Gasteiger partial charge in [0.2, 0.25) is 5.76 Å². The van der Waals surface area contributed by atoms with Crippen LogP contribution in [0.1, 0.15) is 24.4 Å². The molecule has 3 heterocycles. The minimum absolute atomic E-state index is 0.0504. The van der Waals surface area contributed by atoms with E-state index in [2.05, 4.69) is 5.16 Å². The van der Waals surface area contributed by atoms with E-state index in [1.807, 2.05) is 13.8 Å². The number of ether oxygens (including phenoxy) is 2. The van der Waals surface area contributed by atoms with E-state index in [1.165, 1.54) is 6.20 Å². The molecule has 18 heavy (non-hydrogen) atoms. The fraction of sp³-hybridized carbons (Fsp3) is 0.667. The quantitative estimate of drug-likeness (QED) is 0.743. The van der Waals surface area contributed by atoms with E-state index in [-0.39, 0.29) is 17.1 Å². The zero-order valence-corrected chi connectivity index (χ0v) is 10.5. The third kappa shape index (κ3) is 1.91. The van der Waals surface area contributed by atoms with Crippen LogP contribution >= 0.6 is 0 Å². The summed E-state index contributed by atoms with van der Waals surface area (Å²) in [4.78, 5) is 13.7. The molecule has 1 aromatic heterocycles. The number of aromatic nitrogens is 1. The SMILES string of the molecule is CC1(C)OCC2(CO1)CN(C(=O)c1ccno1)C2. The van der Waals surface area contributed by atoms with Crippen LogP contribution < -0.4 is 0 Å². The van der Waals surface area contributed by atoms with Gasteiger partial charge >= 0.3 is 0 Å². The molecule has 2 saturated heterocycles. The Morgan fingerprint density at radius 1 is 1.33 bits per heavy atom. The van der Waals surface area contributed by atoms with Crippen LogP contribution in [0.4, 0.5) is 0 Å². The van der Waals surface area contributed by atoms with Crippen LogP contribution in [0.15, 0.2) is 16.8 Å². The number of carbonyl (C=O) groups excluding carboxylic acids is 1. The predicted molar refractivity (Wildman–Crippen MR) is 60.8 cm³/mol. The first-order valence-electron chi connectivity index (χ1n) is 5.98. The van der Waals surface area contributed by atoms with Crippen molar-refractivity contribution in [3.05, 3.63) is 18.0 Å². The van der Waals surface area contributed by atoms with Gasteiger partial charge in [-0.3, -0.25) is 4.79 Å². The number of nitrogens with zero attached hydrogens (tertiary/aromatic N) is 2. The van der Waals surface area contributed by atoms with Crippen LogP contribution in [0, 0.1) is 5.41 Å². The van der Waals surface area contributed by atoms with Crippen molar-refractivity contribution in [2.45, 2.75) is 19.6 Å². The van der Waals surface area contributed by atoms with Gasteiger partial charge in [-0.25, -0.2) is 0 Å². The molecule has 0 saturated carbocycles. The number of carbonyl (C=O) groups is 1. The molecule has 0 unspecified atom stereocenters. The van der Waals surface area contributed by atoms with Crippen molar-refractivity contribution in [3.8, 4) is 0 Å². The zero-order valence-electron chi connectivity index (χ0n) is 10.5. The molecule has 0 aliphatic carbocycles. The van der Waals surface area contributed by atoms with Gasteiger partial charge < -0.3 is 18.9 Å². The number of amides is 1. The molecule has 6 heteroatoms. The molecule has 0 radical (unpaired) electrons. The van der Waals surface area contributed by atoms with Crippen molar-refractivity contribution in [2.24, 2.45) is 5.41 Å². The number of hydrogen-bond acceptors (Lipinski definition) is 5. The fourth-order valence-corrected chi connectivity index (χ4v) is 2.31. The highest BCUT2D eigenvalue weighted by Gasteiger charge is 2.50. The standard InChI is InChI=1S/C12H16N2O4/c1-11(2)16-7-12(8-17-11)5-14(6-12)10(15)9-3-4-13-18-9/h3-4H,5-8H2,1-2H3. The maximum Gasteiger partial charge on any atom is 0.292 e. The molecule has 0 N–H and O–H groups in total. The Morgan fingerprint density at radius 2 is 2.00 bits per heavy atom. The Morgan fingerprint density at radius 3 is 2.56 bits per heavy atom. The van der Waals surface area contributed by atoms with Gasteiger partial charge in [0.05, 0.1) is 24.8 Å². The third-order valence-corrected chi connectivity index (χ3v) is 3.44. The van der Waals surface area contributed by atoms with E-state index in [0.717, 1.165) is 0 Å². The van der Waals surface area contributed by atoms with E-state index in [4.69, 9.17) is 14.0 Å². The van der Waals surface area contributed by atoms with Crippen molar-refractivity contribution in [3.63, 3.8) is 0 Å². The normalized spacial score (nSPS) is 24.9. The maximum atomic E-state index is 12.0. The van der Waals surface area contributed by atoms with Crippen LogP contribution in [0.5, 0.6) is 0 Å². The Kier molecular flexibility index (Phi) is 2.46. The summed E-state index contributed by atoms with van der Waals surface area (Å²) in [6.45, 7) is 6.33. The molecule has 1 aromatic rings. The van der Waals surface area contributed by atoms with Crippen LogP contribution in [-0.2, 0) is 9.47 Å². The van der Waals surface area contributed by atoms with Gasteiger partial charge in [-0.2, -0.15) is 0 Å². The van der Waals surface area contributed by atoms with E-state index in [1.54, 1.807) is 11.0 Å². The Bertz CT molecular complexity index is 437. The van der Waals surface area contributed by atoms with Gasteiger partial charge in [0.25, 0.3) is 5.91 Å². The Labute approximate surface area is 105 Å². The smallest absolute Gasteiger partial charge is 0.292 e. The summed E-state index contributed by atoms with van der Waals surface area (Å²) >= 11 is 0. The first-order valence-corrected chi connectivity index (χ1v) is 5.98. The van der Waals surface area contributed by atoms with Gasteiger partial charge in [-0.1, -0.05) is 5.16 Å². The predicted octanol–water partition coefficient (Wildman–Crippen LogP) is 0.900. The summed E-state index contributed by atoms with van der Waals surface area (Å²) in [5, 5.41) is 3.54. The lowest BCUT2D eigenvalue weighted by atomic mass is 9.80. The van der Waals surface area contributed by atoms with Gasteiger partial charge in [-0.05, 0) is 13.8 Å². The van der Waals surface area contributed by atoms with E-state index in [9.17, 15) is 4.79 Å². The topological polar surface area (TPSA) is 64.8 Å². The molecule has 2 aliphatic heterocycles. The average Bonchev–Trinajstić information content (AvgIpc) is 2.79. The highest BCUT2D eigenvalue weighted by molar-refractivity contribution is 5.91. The van der Waals surface area contributed by atoms with Crippen molar-refractivity contribution in [1.82, 2.24) is 10.1 Å². The van der Waals surface area contributed by atoms with E-state index < -0.39 is 5.79 Å². The Hall–Kier alpha value is -1.40. The first-order chi connectivity index (χ1) is 8.50. The molecule has 1 amide bonds. The number of hydrogen-bond donors (Lipinski definition) is 0. The van der Waals surface area contributed by atoms with Crippen LogP contribution in [0.3, 0.4) is 0 Å². The zero-order chi connectivity index (χ0) is 12.8. The highest BCUT2D eigenvalue weighted by atomic mass is 16.7. The monoisotopic (exact) mass is 252 g/mol. The lowest BCUT2D eigenvalue weighted by Crippen LogP contribution is -2.65. The number of rotatable bonds is 1. The fourth-order valence-electron chi connectivity index (χ4n) is 2.31. The molecule has 98 valence electrons. The minimum atomic E-state index is -0.513. The molecule has 2 fully saturated rings. The second-order valence-corrected chi connectivity index (χ2v) is 5.52.